The molecule has 0 fully saturated rings. The summed E-state index contributed by atoms with van der Waals surface area (Å²) in [6.07, 6.45) is 2.77. The molecule has 4 heteroatoms. The zero-order chi connectivity index (χ0) is 15.4. The highest BCUT2D eigenvalue weighted by Gasteiger charge is 2.30. The monoisotopic (exact) mass is 288 g/mol. The van der Waals surface area contributed by atoms with Gasteiger partial charge in [-0.2, -0.15) is 0 Å². The molecule has 0 aromatic heterocycles. The molecule has 0 bridgehead atoms. The lowest BCUT2D eigenvalue weighted by Crippen LogP contribution is -2.35. The Kier molecular flexibility index (Phi) is 5.12. The summed E-state index contributed by atoms with van der Waals surface area (Å²) < 4.78 is 0. The van der Waals surface area contributed by atoms with Crippen molar-refractivity contribution < 1.29 is 9.59 Å². The summed E-state index contributed by atoms with van der Waals surface area (Å²) in [6, 6.07) is 5.92. The molecule has 2 rings (SSSR count). The molecule has 1 amide bonds. The fourth-order valence-electron chi connectivity index (χ4n) is 2.90. The lowest BCUT2D eigenvalue weighted by molar-refractivity contribution is -0.118. The van der Waals surface area contributed by atoms with Crippen molar-refractivity contribution in [3.05, 3.63) is 29.3 Å². The van der Waals surface area contributed by atoms with Crippen molar-refractivity contribution in [2.45, 2.75) is 45.6 Å². The average molecular weight is 288 g/mol. The number of hydrogen-bond acceptors (Lipinski definition) is 3. The third-order valence-corrected chi connectivity index (χ3v) is 3.95. The van der Waals surface area contributed by atoms with Gasteiger partial charge >= 0.3 is 0 Å². The summed E-state index contributed by atoms with van der Waals surface area (Å²) in [4.78, 5) is 26.2. The van der Waals surface area contributed by atoms with Gasteiger partial charge in [0, 0.05) is 36.7 Å². The number of benzene rings is 1. The first-order chi connectivity index (χ1) is 10.1. The number of anilines is 1. The maximum Gasteiger partial charge on any atom is 0.227 e. The fourth-order valence-corrected chi connectivity index (χ4v) is 2.90. The summed E-state index contributed by atoms with van der Waals surface area (Å²) in [7, 11) is 1.84. The lowest BCUT2D eigenvalue weighted by atomic mass is 10.0. The maximum absolute atomic E-state index is 12.2. The number of carbonyl (C=O) groups excluding carboxylic acids is 2. The number of hydrogen-bond donors (Lipinski definition) is 1. The lowest BCUT2D eigenvalue weighted by Gasteiger charge is -2.22. The van der Waals surface area contributed by atoms with E-state index in [0.717, 1.165) is 29.7 Å². The minimum atomic E-state index is 0.151. The van der Waals surface area contributed by atoms with Crippen molar-refractivity contribution in [2.75, 3.05) is 18.5 Å². The molecule has 21 heavy (non-hydrogen) atoms. The van der Waals surface area contributed by atoms with Crippen molar-refractivity contribution in [1.29, 1.82) is 0 Å². The standard InChI is InChI=1S/C17H24N2O2/c1-4-5-17(21)19-12(2)10-14-11-13(6-7-15(14)19)16(20)8-9-18-3/h6-7,11-12,18H,4-5,8-10H2,1-3H3. The number of Topliss-reactive ketones (excluding diaryl/α,β-unsaturated/α-hetero) is 1. The molecule has 1 aliphatic heterocycles. The molecule has 0 saturated carbocycles. The van der Waals surface area contributed by atoms with Gasteiger partial charge in [0.2, 0.25) is 5.91 Å². The topological polar surface area (TPSA) is 49.4 Å². The van der Waals surface area contributed by atoms with E-state index in [1.807, 2.05) is 37.1 Å². The van der Waals surface area contributed by atoms with Gasteiger partial charge in [0.15, 0.2) is 5.78 Å². The van der Waals surface area contributed by atoms with E-state index in [2.05, 4.69) is 12.2 Å². The van der Waals surface area contributed by atoms with Crippen molar-refractivity contribution in [3.63, 3.8) is 0 Å². The van der Waals surface area contributed by atoms with Crippen molar-refractivity contribution in [3.8, 4) is 0 Å². The van der Waals surface area contributed by atoms with E-state index < -0.39 is 0 Å². The van der Waals surface area contributed by atoms with Crippen LogP contribution in [0.2, 0.25) is 0 Å². The maximum atomic E-state index is 12.2. The first kappa shape index (κ1) is 15.7. The van der Waals surface area contributed by atoms with Crippen LogP contribution in [0.3, 0.4) is 0 Å². The number of fused-ring (bicyclic) bond motifs is 1. The molecule has 0 saturated heterocycles. The van der Waals surface area contributed by atoms with Crippen LogP contribution in [0.15, 0.2) is 18.2 Å². The summed E-state index contributed by atoms with van der Waals surface area (Å²) in [5.41, 5.74) is 2.84. The Bertz CT molecular complexity index is 540. The van der Waals surface area contributed by atoms with Gasteiger partial charge in [0.05, 0.1) is 0 Å². The first-order valence-electron chi connectivity index (χ1n) is 7.71. The highest BCUT2D eigenvalue weighted by Crippen LogP contribution is 2.33. The highest BCUT2D eigenvalue weighted by molar-refractivity contribution is 5.99. The second kappa shape index (κ2) is 6.85. The van der Waals surface area contributed by atoms with Gasteiger partial charge in [-0.05, 0) is 50.6 Å². The normalized spacial score (nSPS) is 16.9. The average Bonchev–Trinajstić information content (AvgIpc) is 2.79. The van der Waals surface area contributed by atoms with Crippen LogP contribution in [0.4, 0.5) is 5.69 Å². The van der Waals surface area contributed by atoms with Gasteiger partial charge in [0.25, 0.3) is 0 Å². The van der Waals surface area contributed by atoms with E-state index in [4.69, 9.17) is 0 Å². The zero-order valence-corrected chi connectivity index (χ0v) is 13.1. The van der Waals surface area contributed by atoms with Crippen LogP contribution in [0, 0.1) is 0 Å². The summed E-state index contributed by atoms with van der Waals surface area (Å²) in [5, 5.41) is 2.99. The van der Waals surface area contributed by atoms with Gasteiger partial charge in [-0.15, -0.1) is 0 Å². The number of ketones is 1. The molecule has 1 aromatic carbocycles. The molecule has 0 radical (unpaired) electrons. The molecule has 114 valence electrons. The molecular formula is C17H24N2O2. The fraction of sp³-hybridized carbons (Fsp3) is 0.529. The minimum absolute atomic E-state index is 0.151. The zero-order valence-electron chi connectivity index (χ0n) is 13.1. The Morgan fingerprint density at radius 2 is 2.10 bits per heavy atom. The van der Waals surface area contributed by atoms with Crippen molar-refractivity contribution in [1.82, 2.24) is 5.32 Å². The summed E-state index contributed by atoms with van der Waals surface area (Å²) in [6.45, 7) is 4.77. The second-order valence-electron chi connectivity index (χ2n) is 5.69. The molecule has 1 aromatic rings. The van der Waals surface area contributed by atoms with Crippen molar-refractivity contribution >= 4 is 17.4 Å². The molecule has 0 aliphatic carbocycles. The van der Waals surface area contributed by atoms with Crippen molar-refractivity contribution in [2.24, 2.45) is 0 Å². The summed E-state index contributed by atoms with van der Waals surface area (Å²) >= 11 is 0. The Morgan fingerprint density at radius 1 is 1.33 bits per heavy atom. The molecule has 1 N–H and O–H groups in total. The minimum Gasteiger partial charge on any atom is -0.319 e. The van der Waals surface area contributed by atoms with Crippen LogP contribution in [-0.4, -0.2) is 31.3 Å². The van der Waals surface area contributed by atoms with E-state index in [1.54, 1.807) is 0 Å². The third kappa shape index (κ3) is 3.32. The first-order valence-corrected chi connectivity index (χ1v) is 7.71. The van der Waals surface area contributed by atoms with E-state index >= 15 is 0 Å². The Balaban J connectivity index is 2.21. The number of nitrogens with zero attached hydrogens (tertiary/aromatic N) is 1. The molecule has 1 atom stereocenters. The van der Waals surface area contributed by atoms with E-state index in [-0.39, 0.29) is 17.7 Å². The van der Waals surface area contributed by atoms with Crippen LogP contribution >= 0.6 is 0 Å². The van der Waals surface area contributed by atoms with Crippen LogP contribution in [0.1, 0.15) is 49.0 Å². The van der Waals surface area contributed by atoms with Gasteiger partial charge in [-0.3, -0.25) is 9.59 Å². The molecule has 0 spiro atoms. The van der Waals surface area contributed by atoms with E-state index in [0.29, 0.717) is 19.4 Å². The summed E-state index contributed by atoms with van der Waals surface area (Å²) in [5.74, 6) is 0.330. The Labute approximate surface area is 126 Å². The molecule has 4 nitrogen and oxygen atoms in total. The van der Waals surface area contributed by atoms with Gasteiger partial charge in [-0.25, -0.2) is 0 Å². The Hall–Kier alpha value is -1.68. The SMILES string of the molecule is CCCC(=O)N1c2ccc(C(=O)CCNC)cc2CC1C. The molecule has 1 unspecified atom stereocenters. The van der Waals surface area contributed by atoms with Crippen LogP contribution < -0.4 is 10.2 Å². The van der Waals surface area contributed by atoms with Gasteiger partial charge < -0.3 is 10.2 Å². The number of carbonyl (C=O) groups is 2. The van der Waals surface area contributed by atoms with E-state index in [1.165, 1.54) is 0 Å². The predicted molar refractivity (Wildman–Crippen MR) is 84.9 cm³/mol. The third-order valence-electron chi connectivity index (χ3n) is 3.95. The molecule has 1 aliphatic rings. The van der Waals surface area contributed by atoms with Crippen LogP contribution in [0.5, 0.6) is 0 Å². The smallest absolute Gasteiger partial charge is 0.227 e. The Morgan fingerprint density at radius 3 is 2.76 bits per heavy atom. The predicted octanol–water partition coefficient (Wildman–Crippen LogP) is 2.56. The molecule has 1 heterocycles. The number of rotatable bonds is 6. The number of amides is 1. The largest absolute Gasteiger partial charge is 0.319 e. The van der Waals surface area contributed by atoms with Crippen LogP contribution in [0.25, 0.3) is 0 Å². The molecular weight excluding hydrogens is 264 g/mol. The van der Waals surface area contributed by atoms with Crippen LogP contribution in [-0.2, 0) is 11.2 Å². The highest BCUT2D eigenvalue weighted by atomic mass is 16.2. The number of nitrogens with one attached hydrogen (secondary N) is 1. The second-order valence-corrected chi connectivity index (χ2v) is 5.69. The quantitative estimate of drug-likeness (QED) is 0.818. The van der Waals surface area contributed by atoms with E-state index in [9.17, 15) is 9.59 Å². The van der Waals surface area contributed by atoms with Gasteiger partial charge in [-0.1, -0.05) is 6.92 Å². The van der Waals surface area contributed by atoms with Gasteiger partial charge in [0.1, 0.15) is 0 Å².